The van der Waals surface area contributed by atoms with E-state index in [9.17, 15) is 4.79 Å². The average Bonchev–Trinajstić information content (AvgIpc) is 3.18. The lowest BCUT2D eigenvalue weighted by molar-refractivity contribution is -0.228. The Morgan fingerprint density at radius 2 is 2.00 bits per heavy atom. The van der Waals surface area contributed by atoms with Crippen LogP contribution in [0.2, 0.25) is 0 Å². The molecule has 0 spiro atoms. The van der Waals surface area contributed by atoms with E-state index in [2.05, 4.69) is 40.5 Å². The van der Waals surface area contributed by atoms with Crippen LogP contribution in [0.1, 0.15) is 49.6 Å². The third-order valence-electron chi connectivity index (χ3n) is 5.89. The minimum Gasteiger partial charge on any atom is -0.351 e. The maximum absolute atomic E-state index is 13.0. The van der Waals surface area contributed by atoms with Gasteiger partial charge in [0.15, 0.2) is 0 Å². The number of aromatic nitrogens is 2. The van der Waals surface area contributed by atoms with Gasteiger partial charge in [-0.3, -0.25) is 9.63 Å². The first-order valence-corrected chi connectivity index (χ1v) is 11.6. The molecule has 0 fully saturated rings. The number of nitrogens with one attached hydrogen (secondary N) is 1. The molecule has 1 aromatic carbocycles. The van der Waals surface area contributed by atoms with E-state index in [1.807, 2.05) is 31.9 Å². The Balaban J connectivity index is 1.35. The van der Waals surface area contributed by atoms with E-state index in [4.69, 9.17) is 16.2 Å². The van der Waals surface area contributed by atoms with Crippen molar-refractivity contribution in [3.05, 3.63) is 52.8 Å². The molecule has 1 aliphatic carbocycles. The molecule has 0 saturated heterocycles. The Hall–Kier alpha value is -2.95. The van der Waals surface area contributed by atoms with Gasteiger partial charge in [0.05, 0.1) is 11.3 Å². The standard InChI is InChI=1S/C26H33N5O2/c1-5-6-12-31(33-26(2,3)4)18-24(32)30-13-11-23-21(17-30)16-27-25(29-23)28-22-14-19-9-7-8-10-20(19)15-22/h1,7-10,16,22H,6,11-15,17-18H2,2-4H3,(H,27,28,29). The third-order valence-corrected chi connectivity index (χ3v) is 5.89. The van der Waals surface area contributed by atoms with E-state index in [1.165, 1.54) is 11.1 Å². The minimum absolute atomic E-state index is 0.0212. The van der Waals surface area contributed by atoms with Gasteiger partial charge in [-0.2, -0.15) is 5.06 Å². The first-order valence-electron chi connectivity index (χ1n) is 11.6. The van der Waals surface area contributed by atoms with Crippen LogP contribution in [0, 0.1) is 12.3 Å². The molecular weight excluding hydrogens is 414 g/mol. The molecule has 2 heterocycles. The van der Waals surface area contributed by atoms with Gasteiger partial charge in [0, 0.05) is 50.3 Å². The number of terminal acetylenes is 1. The fourth-order valence-corrected chi connectivity index (χ4v) is 4.43. The molecule has 7 heteroatoms. The highest BCUT2D eigenvalue weighted by molar-refractivity contribution is 5.78. The SMILES string of the molecule is C#CCCN(CC(=O)N1CCc2nc(NC3Cc4ccccc4C3)ncc2C1)OC(C)(C)C. The van der Waals surface area contributed by atoms with Crippen LogP contribution in [-0.2, 0) is 35.4 Å². The molecule has 4 rings (SSSR count). The minimum atomic E-state index is -0.388. The van der Waals surface area contributed by atoms with E-state index in [0.29, 0.717) is 44.5 Å². The van der Waals surface area contributed by atoms with Gasteiger partial charge in [0.1, 0.15) is 6.54 Å². The molecule has 0 saturated carbocycles. The first kappa shape index (κ1) is 23.2. The van der Waals surface area contributed by atoms with Gasteiger partial charge in [-0.05, 0) is 44.7 Å². The summed E-state index contributed by atoms with van der Waals surface area (Å²) >= 11 is 0. The van der Waals surface area contributed by atoms with Crippen LogP contribution in [-0.4, -0.2) is 57.1 Å². The normalized spacial score (nSPS) is 15.8. The van der Waals surface area contributed by atoms with Crippen LogP contribution in [0.3, 0.4) is 0 Å². The predicted octanol–water partition coefficient (Wildman–Crippen LogP) is 3.00. The summed E-state index contributed by atoms with van der Waals surface area (Å²) in [7, 11) is 0. The zero-order valence-electron chi connectivity index (χ0n) is 19.8. The number of benzene rings is 1. The summed E-state index contributed by atoms with van der Waals surface area (Å²) in [6.45, 7) is 7.74. The van der Waals surface area contributed by atoms with Crippen LogP contribution >= 0.6 is 0 Å². The number of fused-ring (bicyclic) bond motifs is 2. The summed E-state index contributed by atoms with van der Waals surface area (Å²) in [4.78, 5) is 30.1. The molecule has 2 aromatic rings. The second kappa shape index (κ2) is 9.90. The van der Waals surface area contributed by atoms with Gasteiger partial charge in [0.25, 0.3) is 0 Å². The summed E-state index contributed by atoms with van der Waals surface area (Å²) in [5.41, 5.74) is 4.42. The van der Waals surface area contributed by atoms with Crippen molar-refractivity contribution in [2.45, 2.75) is 64.6 Å². The van der Waals surface area contributed by atoms with E-state index >= 15 is 0 Å². The van der Waals surface area contributed by atoms with E-state index in [-0.39, 0.29) is 18.1 Å². The fraction of sp³-hybridized carbons (Fsp3) is 0.500. The van der Waals surface area contributed by atoms with Crippen LogP contribution in [0.25, 0.3) is 0 Å². The van der Waals surface area contributed by atoms with Crippen LogP contribution in [0.5, 0.6) is 0 Å². The summed E-state index contributed by atoms with van der Waals surface area (Å²) in [5, 5.41) is 5.18. The molecule has 7 nitrogen and oxygen atoms in total. The van der Waals surface area contributed by atoms with Crippen molar-refractivity contribution in [2.75, 3.05) is 25.0 Å². The second-order valence-corrected chi connectivity index (χ2v) is 9.77. The maximum Gasteiger partial charge on any atom is 0.239 e. The molecule has 33 heavy (non-hydrogen) atoms. The Labute approximate surface area is 196 Å². The molecule has 0 bridgehead atoms. The lowest BCUT2D eigenvalue weighted by Gasteiger charge is -2.33. The number of rotatable bonds is 7. The molecule has 1 aliphatic heterocycles. The molecule has 2 aliphatic rings. The summed E-state index contributed by atoms with van der Waals surface area (Å²) in [6, 6.07) is 8.88. The summed E-state index contributed by atoms with van der Waals surface area (Å²) in [5.74, 6) is 3.31. The fourth-order valence-electron chi connectivity index (χ4n) is 4.43. The molecule has 0 atom stereocenters. The third kappa shape index (κ3) is 6.10. The number of nitrogens with zero attached hydrogens (tertiary/aromatic N) is 4. The zero-order valence-corrected chi connectivity index (χ0v) is 19.8. The molecule has 0 radical (unpaired) electrons. The molecule has 1 aromatic heterocycles. The monoisotopic (exact) mass is 447 g/mol. The number of carbonyl (C=O) groups excluding carboxylic acids is 1. The molecule has 174 valence electrons. The lowest BCUT2D eigenvalue weighted by Crippen LogP contribution is -2.45. The van der Waals surface area contributed by atoms with Gasteiger partial charge >= 0.3 is 0 Å². The van der Waals surface area contributed by atoms with E-state index in [0.717, 1.165) is 24.1 Å². The number of hydrogen-bond donors (Lipinski definition) is 1. The highest BCUT2D eigenvalue weighted by Crippen LogP contribution is 2.24. The number of hydrogen-bond acceptors (Lipinski definition) is 6. The largest absolute Gasteiger partial charge is 0.351 e. The van der Waals surface area contributed by atoms with Crippen molar-refractivity contribution in [2.24, 2.45) is 0 Å². The molecular formula is C26H33N5O2. The van der Waals surface area contributed by atoms with Crippen LogP contribution in [0.15, 0.2) is 30.5 Å². The maximum atomic E-state index is 13.0. The number of anilines is 1. The van der Waals surface area contributed by atoms with E-state index in [1.54, 1.807) is 5.06 Å². The second-order valence-electron chi connectivity index (χ2n) is 9.77. The Bertz CT molecular complexity index is 1010. The molecule has 0 unspecified atom stereocenters. The number of amides is 1. The van der Waals surface area contributed by atoms with Gasteiger partial charge < -0.3 is 10.2 Å². The van der Waals surface area contributed by atoms with Gasteiger partial charge in [0.2, 0.25) is 11.9 Å². The molecule has 1 amide bonds. The van der Waals surface area contributed by atoms with Crippen LogP contribution < -0.4 is 5.32 Å². The Kier molecular flexibility index (Phi) is 6.96. The van der Waals surface area contributed by atoms with Gasteiger partial charge in [-0.1, -0.05) is 24.3 Å². The van der Waals surface area contributed by atoms with E-state index < -0.39 is 0 Å². The number of hydroxylamine groups is 2. The highest BCUT2D eigenvalue weighted by Gasteiger charge is 2.27. The van der Waals surface area contributed by atoms with Crippen LogP contribution in [0.4, 0.5) is 5.95 Å². The van der Waals surface area contributed by atoms with Crippen molar-refractivity contribution in [1.29, 1.82) is 0 Å². The predicted molar refractivity (Wildman–Crippen MR) is 128 cm³/mol. The van der Waals surface area contributed by atoms with Crippen molar-refractivity contribution in [3.8, 4) is 12.3 Å². The van der Waals surface area contributed by atoms with Gasteiger partial charge in [-0.15, -0.1) is 12.3 Å². The lowest BCUT2D eigenvalue weighted by atomic mass is 10.1. The zero-order chi connectivity index (χ0) is 23.4. The summed E-state index contributed by atoms with van der Waals surface area (Å²) < 4.78 is 0. The Morgan fingerprint density at radius 3 is 2.67 bits per heavy atom. The molecule has 1 N–H and O–H groups in total. The summed E-state index contributed by atoms with van der Waals surface area (Å²) in [6.07, 6.45) is 10.5. The Morgan fingerprint density at radius 1 is 1.27 bits per heavy atom. The quantitative estimate of drug-likeness (QED) is 0.520. The van der Waals surface area contributed by atoms with Crippen molar-refractivity contribution in [1.82, 2.24) is 19.9 Å². The van der Waals surface area contributed by atoms with Crippen molar-refractivity contribution in [3.63, 3.8) is 0 Å². The van der Waals surface area contributed by atoms with Gasteiger partial charge in [-0.25, -0.2) is 9.97 Å². The topological polar surface area (TPSA) is 70.6 Å². The number of carbonyl (C=O) groups is 1. The first-order chi connectivity index (χ1) is 15.8. The smallest absolute Gasteiger partial charge is 0.239 e. The van der Waals surface area contributed by atoms with Crippen molar-refractivity contribution < 1.29 is 9.63 Å². The van der Waals surface area contributed by atoms with Crippen molar-refractivity contribution >= 4 is 11.9 Å². The average molecular weight is 448 g/mol. The highest BCUT2D eigenvalue weighted by atomic mass is 16.7.